The number of benzene rings is 1. The van der Waals surface area contributed by atoms with Gasteiger partial charge in [-0.05, 0) is 44.1 Å². The Kier molecular flexibility index (Phi) is 2.50. The number of piperidine rings is 1. The topological polar surface area (TPSA) is 52.7 Å². The minimum atomic E-state index is 0.599. The number of fused-ring (bicyclic) bond motifs is 1. The molecule has 1 aromatic carbocycles. The number of H-pyrrole nitrogens is 1. The van der Waals surface area contributed by atoms with Crippen molar-refractivity contribution in [2.24, 2.45) is 0 Å². The quantitative estimate of drug-likeness (QED) is 0.716. The van der Waals surface area contributed by atoms with Crippen LogP contribution in [0, 0.1) is 0 Å². The zero-order chi connectivity index (χ0) is 10.8. The van der Waals surface area contributed by atoms with Crippen molar-refractivity contribution in [3.05, 3.63) is 24.5 Å². The van der Waals surface area contributed by atoms with Gasteiger partial charge in [0.1, 0.15) is 0 Å². The van der Waals surface area contributed by atoms with E-state index in [1.165, 1.54) is 18.5 Å². The molecule has 3 rings (SSSR count). The van der Waals surface area contributed by atoms with Crippen LogP contribution in [0.15, 0.2) is 24.5 Å². The van der Waals surface area contributed by atoms with Crippen molar-refractivity contribution in [3.8, 4) is 0 Å². The van der Waals surface area contributed by atoms with Gasteiger partial charge in [0, 0.05) is 11.7 Å². The Hall–Kier alpha value is -1.55. The Morgan fingerprint density at radius 1 is 1.25 bits per heavy atom. The van der Waals surface area contributed by atoms with Gasteiger partial charge in [0.05, 0.1) is 17.4 Å². The molecule has 0 unspecified atom stereocenters. The fraction of sp³-hybridized carbons (Fsp3) is 0.417. The minimum Gasteiger partial charge on any atom is -0.382 e. The highest BCUT2D eigenvalue weighted by atomic mass is 15.0. The zero-order valence-corrected chi connectivity index (χ0v) is 9.16. The molecule has 0 bridgehead atoms. The van der Waals surface area contributed by atoms with E-state index in [0.29, 0.717) is 6.04 Å². The molecule has 1 aromatic heterocycles. The van der Waals surface area contributed by atoms with Crippen LogP contribution in [0.5, 0.6) is 0 Å². The van der Waals surface area contributed by atoms with Crippen LogP contribution in [-0.4, -0.2) is 29.1 Å². The smallest absolute Gasteiger partial charge is 0.0931 e. The first-order valence-corrected chi connectivity index (χ1v) is 5.82. The predicted octanol–water partition coefficient (Wildman–Crippen LogP) is 1.73. The molecule has 3 N–H and O–H groups in total. The summed E-state index contributed by atoms with van der Waals surface area (Å²) in [7, 11) is 0. The fourth-order valence-corrected chi connectivity index (χ4v) is 2.23. The normalized spacial score (nSPS) is 17.8. The zero-order valence-electron chi connectivity index (χ0n) is 9.16. The Morgan fingerprint density at radius 2 is 2.12 bits per heavy atom. The Bertz CT molecular complexity index is 471. The fourth-order valence-electron chi connectivity index (χ4n) is 2.23. The summed E-state index contributed by atoms with van der Waals surface area (Å²) in [5.74, 6) is 0. The van der Waals surface area contributed by atoms with Gasteiger partial charge in [0.2, 0.25) is 0 Å². The Balaban J connectivity index is 1.77. The summed E-state index contributed by atoms with van der Waals surface area (Å²) in [5.41, 5.74) is 3.30. The highest BCUT2D eigenvalue weighted by Gasteiger charge is 2.12. The molecule has 4 heteroatoms. The first-order valence-electron chi connectivity index (χ1n) is 5.82. The third-order valence-corrected chi connectivity index (χ3v) is 3.13. The van der Waals surface area contributed by atoms with E-state index in [9.17, 15) is 0 Å². The van der Waals surface area contributed by atoms with Gasteiger partial charge in [-0.2, -0.15) is 0 Å². The Labute approximate surface area is 94.5 Å². The average Bonchev–Trinajstić information content (AvgIpc) is 2.77. The number of hydrogen-bond donors (Lipinski definition) is 3. The summed E-state index contributed by atoms with van der Waals surface area (Å²) >= 11 is 0. The number of nitrogens with one attached hydrogen (secondary N) is 3. The maximum atomic E-state index is 4.21. The summed E-state index contributed by atoms with van der Waals surface area (Å²) in [6, 6.07) is 6.88. The largest absolute Gasteiger partial charge is 0.382 e. The van der Waals surface area contributed by atoms with Gasteiger partial charge in [0.25, 0.3) is 0 Å². The van der Waals surface area contributed by atoms with E-state index in [2.05, 4.69) is 38.8 Å². The molecule has 0 radical (unpaired) electrons. The van der Waals surface area contributed by atoms with Crippen molar-refractivity contribution in [2.75, 3.05) is 18.4 Å². The standard InChI is InChI=1S/C12H16N4/c1-2-11-12(15-8-14-11)7-10(1)16-9-3-5-13-6-4-9/h1-2,7-9,13,16H,3-6H2,(H,14,15). The second-order valence-electron chi connectivity index (χ2n) is 4.30. The summed E-state index contributed by atoms with van der Waals surface area (Å²) in [5, 5.41) is 6.94. The molecule has 1 aliphatic heterocycles. The number of nitrogens with zero attached hydrogens (tertiary/aromatic N) is 1. The predicted molar refractivity (Wildman–Crippen MR) is 65.6 cm³/mol. The van der Waals surface area contributed by atoms with Crippen LogP contribution in [0.25, 0.3) is 11.0 Å². The van der Waals surface area contributed by atoms with Gasteiger partial charge in [-0.25, -0.2) is 4.98 Å². The van der Waals surface area contributed by atoms with Crippen LogP contribution in [0.4, 0.5) is 5.69 Å². The number of imidazole rings is 1. The number of rotatable bonds is 2. The van der Waals surface area contributed by atoms with E-state index >= 15 is 0 Å². The lowest BCUT2D eigenvalue weighted by Crippen LogP contribution is -2.35. The lowest BCUT2D eigenvalue weighted by Gasteiger charge is -2.24. The lowest BCUT2D eigenvalue weighted by atomic mass is 10.1. The van der Waals surface area contributed by atoms with E-state index in [-0.39, 0.29) is 0 Å². The summed E-state index contributed by atoms with van der Waals surface area (Å²) in [6.45, 7) is 2.23. The van der Waals surface area contributed by atoms with Crippen molar-refractivity contribution < 1.29 is 0 Å². The number of aromatic nitrogens is 2. The molecule has 1 aliphatic rings. The van der Waals surface area contributed by atoms with Crippen LogP contribution >= 0.6 is 0 Å². The molecule has 1 saturated heterocycles. The van der Waals surface area contributed by atoms with E-state index in [1.54, 1.807) is 6.33 Å². The molecule has 2 heterocycles. The van der Waals surface area contributed by atoms with Gasteiger partial charge in [0.15, 0.2) is 0 Å². The molecular weight excluding hydrogens is 200 g/mol. The molecule has 84 valence electrons. The maximum absolute atomic E-state index is 4.21. The molecule has 1 fully saturated rings. The molecule has 2 aromatic rings. The molecule has 0 atom stereocenters. The molecule has 0 aliphatic carbocycles. The minimum absolute atomic E-state index is 0.599. The van der Waals surface area contributed by atoms with Gasteiger partial charge < -0.3 is 15.6 Å². The average molecular weight is 216 g/mol. The van der Waals surface area contributed by atoms with Gasteiger partial charge in [-0.3, -0.25) is 0 Å². The molecular formula is C12H16N4. The van der Waals surface area contributed by atoms with E-state index in [1.807, 2.05) is 0 Å². The van der Waals surface area contributed by atoms with Crippen LogP contribution in [-0.2, 0) is 0 Å². The summed E-state index contributed by atoms with van der Waals surface area (Å²) in [4.78, 5) is 7.35. The van der Waals surface area contributed by atoms with E-state index in [4.69, 9.17) is 0 Å². The van der Waals surface area contributed by atoms with Crippen LogP contribution in [0.1, 0.15) is 12.8 Å². The van der Waals surface area contributed by atoms with Crippen LogP contribution in [0.3, 0.4) is 0 Å². The SMILES string of the molecule is c1nc2ccc(NC3CCNCC3)cc2[nH]1. The van der Waals surface area contributed by atoms with Crippen molar-refractivity contribution in [1.29, 1.82) is 0 Å². The van der Waals surface area contributed by atoms with Gasteiger partial charge in [-0.15, -0.1) is 0 Å². The maximum Gasteiger partial charge on any atom is 0.0931 e. The lowest BCUT2D eigenvalue weighted by molar-refractivity contribution is 0.479. The monoisotopic (exact) mass is 216 g/mol. The van der Waals surface area contributed by atoms with Gasteiger partial charge in [-0.1, -0.05) is 0 Å². The van der Waals surface area contributed by atoms with E-state index in [0.717, 1.165) is 24.1 Å². The molecule has 4 nitrogen and oxygen atoms in total. The highest BCUT2D eigenvalue weighted by molar-refractivity contribution is 5.78. The van der Waals surface area contributed by atoms with E-state index < -0.39 is 0 Å². The van der Waals surface area contributed by atoms with Crippen LogP contribution < -0.4 is 10.6 Å². The first kappa shape index (κ1) is 9.66. The molecule has 0 amide bonds. The third kappa shape index (κ3) is 1.88. The van der Waals surface area contributed by atoms with Crippen LogP contribution in [0.2, 0.25) is 0 Å². The van der Waals surface area contributed by atoms with Crippen molar-refractivity contribution in [3.63, 3.8) is 0 Å². The summed E-state index contributed by atoms with van der Waals surface area (Å²) < 4.78 is 0. The summed E-state index contributed by atoms with van der Waals surface area (Å²) in [6.07, 6.45) is 4.13. The van der Waals surface area contributed by atoms with Crippen molar-refractivity contribution in [1.82, 2.24) is 15.3 Å². The number of anilines is 1. The Morgan fingerprint density at radius 3 is 3.00 bits per heavy atom. The molecule has 0 spiro atoms. The highest BCUT2D eigenvalue weighted by Crippen LogP contribution is 2.18. The molecule has 16 heavy (non-hydrogen) atoms. The second-order valence-corrected chi connectivity index (χ2v) is 4.30. The first-order chi connectivity index (χ1) is 7.92. The second kappa shape index (κ2) is 4.14. The number of aromatic amines is 1. The van der Waals surface area contributed by atoms with Gasteiger partial charge >= 0.3 is 0 Å². The van der Waals surface area contributed by atoms with Crippen molar-refractivity contribution >= 4 is 16.7 Å². The third-order valence-electron chi connectivity index (χ3n) is 3.13. The molecule has 0 saturated carbocycles. The number of hydrogen-bond acceptors (Lipinski definition) is 3. The van der Waals surface area contributed by atoms with Crippen molar-refractivity contribution in [2.45, 2.75) is 18.9 Å².